The molecule has 2 aromatic carbocycles. The van der Waals surface area contributed by atoms with Gasteiger partial charge in [-0.3, -0.25) is 15.0 Å². The van der Waals surface area contributed by atoms with Crippen molar-refractivity contribution in [3.63, 3.8) is 0 Å². The van der Waals surface area contributed by atoms with Gasteiger partial charge >= 0.3 is 4.87 Å². The van der Waals surface area contributed by atoms with E-state index in [-0.39, 0.29) is 10.6 Å². The zero-order chi connectivity index (χ0) is 20.9. The molecule has 1 aliphatic heterocycles. The van der Waals surface area contributed by atoms with Gasteiger partial charge in [0.25, 0.3) is 0 Å². The number of phenolic OH excluding ortho intramolecular Hbond substituents is 1. The van der Waals surface area contributed by atoms with Gasteiger partial charge in [0.15, 0.2) is 0 Å². The molecule has 4 rings (SSSR count). The fourth-order valence-corrected chi connectivity index (χ4v) is 4.68. The highest BCUT2D eigenvalue weighted by Gasteiger charge is 2.14. The molecule has 30 heavy (non-hydrogen) atoms. The van der Waals surface area contributed by atoms with Crippen molar-refractivity contribution in [1.29, 1.82) is 0 Å². The Bertz CT molecular complexity index is 1040. The van der Waals surface area contributed by atoms with Gasteiger partial charge in [0.1, 0.15) is 17.5 Å². The van der Waals surface area contributed by atoms with Crippen molar-refractivity contribution in [2.45, 2.75) is 25.6 Å². The lowest BCUT2D eigenvalue weighted by atomic mass is 10.1. The van der Waals surface area contributed by atoms with Crippen molar-refractivity contribution >= 4 is 21.6 Å². The van der Waals surface area contributed by atoms with E-state index in [1.165, 1.54) is 11.1 Å². The third kappa shape index (κ3) is 5.27. The summed E-state index contributed by atoms with van der Waals surface area (Å²) in [6.45, 7) is 5.12. The van der Waals surface area contributed by atoms with Crippen LogP contribution in [-0.2, 0) is 24.1 Å². The third-order valence-corrected chi connectivity index (χ3v) is 6.31. The fourth-order valence-electron chi connectivity index (χ4n) is 3.80. The Kier molecular flexibility index (Phi) is 6.81. The van der Waals surface area contributed by atoms with Crippen LogP contribution in [-0.4, -0.2) is 59.2 Å². The number of nitrogens with one attached hydrogen (secondary N) is 2. The molecule has 2 heterocycles. The number of ether oxygens (including phenoxy) is 1. The number of aliphatic hydroxyl groups is 1. The summed E-state index contributed by atoms with van der Waals surface area (Å²) in [5.41, 5.74) is 3.80. The van der Waals surface area contributed by atoms with Crippen molar-refractivity contribution in [1.82, 2.24) is 15.2 Å². The molecular formula is C22H27N3O4S. The number of aromatic hydroxyl groups is 1. The molecule has 1 fully saturated rings. The highest BCUT2D eigenvalue weighted by molar-refractivity contribution is 7.16. The number of H-pyrrole nitrogens is 1. The Balaban J connectivity index is 1.30. The summed E-state index contributed by atoms with van der Waals surface area (Å²) in [5.74, 6) is 0.0477. The highest BCUT2D eigenvalue weighted by Crippen LogP contribution is 2.28. The molecular weight excluding hydrogens is 402 g/mol. The van der Waals surface area contributed by atoms with Gasteiger partial charge in [-0.2, -0.15) is 0 Å². The number of phenols is 1. The topological polar surface area (TPSA) is 97.8 Å². The summed E-state index contributed by atoms with van der Waals surface area (Å²) in [4.78, 5) is 16.5. The van der Waals surface area contributed by atoms with E-state index in [0.29, 0.717) is 23.2 Å². The molecule has 0 spiro atoms. The maximum Gasteiger partial charge on any atom is 0.305 e. The van der Waals surface area contributed by atoms with Gasteiger partial charge in [0.2, 0.25) is 0 Å². The minimum absolute atomic E-state index is 0.0477. The molecule has 7 nitrogen and oxygen atoms in total. The average molecular weight is 430 g/mol. The number of hydrogen-bond donors (Lipinski definition) is 4. The summed E-state index contributed by atoms with van der Waals surface area (Å²) >= 11 is 1.05. The van der Waals surface area contributed by atoms with E-state index in [4.69, 9.17) is 4.74 Å². The van der Waals surface area contributed by atoms with Crippen LogP contribution in [0.2, 0.25) is 0 Å². The first-order valence-corrected chi connectivity index (χ1v) is 11.0. The number of benzene rings is 2. The minimum atomic E-state index is -0.730. The number of thiazole rings is 1. The lowest BCUT2D eigenvalue weighted by Gasteiger charge is -2.26. The van der Waals surface area contributed by atoms with Crippen molar-refractivity contribution in [3.05, 3.63) is 62.8 Å². The molecule has 1 saturated heterocycles. The molecule has 1 aromatic heterocycles. The van der Waals surface area contributed by atoms with E-state index < -0.39 is 6.23 Å². The Morgan fingerprint density at radius 2 is 2.00 bits per heavy atom. The summed E-state index contributed by atoms with van der Waals surface area (Å²) in [5, 5.41) is 23.4. The van der Waals surface area contributed by atoms with Gasteiger partial charge in [0, 0.05) is 32.6 Å². The maximum absolute atomic E-state index is 11.6. The molecule has 0 bridgehead atoms. The number of aliphatic hydroxyl groups excluding tert-OH is 1. The standard InChI is InChI=1S/C22H27N3O4S/c26-18-5-4-17(21-20(18)24-22(28)30-21)13-19(27)23-7-6-15-2-1-3-16(12-15)14-25-8-10-29-11-9-25/h1-5,12,19,23,26-27H,6-11,13-14H2,(H,24,28). The number of nitrogens with zero attached hydrogens (tertiary/aromatic N) is 1. The van der Waals surface area contributed by atoms with Crippen molar-refractivity contribution in [3.8, 4) is 5.75 Å². The van der Waals surface area contributed by atoms with Gasteiger partial charge in [-0.25, -0.2) is 0 Å². The Morgan fingerprint density at radius 3 is 2.83 bits per heavy atom. The largest absolute Gasteiger partial charge is 0.506 e. The summed E-state index contributed by atoms with van der Waals surface area (Å²) in [7, 11) is 0. The summed E-state index contributed by atoms with van der Waals surface area (Å²) in [6.07, 6.45) is 0.449. The van der Waals surface area contributed by atoms with Crippen LogP contribution in [0.15, 0.2) is 41.2 Å². The van der Waals surface area contributed by atoms with E-state index in [0.717, 1.165) is 56.2 Å². The van der Waals surface area contributed by atoms with Gasteiger partial charge in [-0.1, -0.05) is 41.7 Å². The summed E-state index contributed by atoms with van der Waals surface area (Å²) in [6, 6.07) is 11.9. The molecule has 0 amide bonds. The van der Waals surface area contributed by atoms with Crippen molar-refractivity contribution in [2.24, 2.45) is 0 Å². The molecule has 3 aromatic rings. The smallest absolute Gasteiger partial charge is 0.305 e. The van der Waals surface area contributed by atoms with E-state index in [2.05, 4.69) is 39.5 Å². The van der Waals surface area contributed by atoms with Crippen LogP contribution in [0.5, 0.6) is 5.75 Å². The molecule has 8 heteroatoms. The van der Waals surface area contributed by atoms with Crippen LogP contribution >= 0.6 is 11.3 Å². The van der Waals surface area contributed by atoms with Crippen molar-refractivity contribution < 1.29 is 14.9 Å². The second kappa shape index (κ2) is 9.72. The Hall–Kier alpha value is -2.23. The van der Waals surface area contributed by atoms with E-state index in [1.807, 2.05) is 0 Å². The summed E-state index contributed by atoms with van der Waals surface area (Å²) < 4.78 is 6.10. The van der Waals surface area contributed by atoms with Gasteiger partial charge in [0.05, 0.1) is 17.9 Å². The second-order valence-electron chi connectivity index (χ2n) is 7.59. The van der Waals surface area contributed by atoms with Crippen LogP contribution in [0.25, 0.3) is 10.2 Å². The zero-order valence-electron chi connectivity index (χ0n) is 16.8. The fraction of sp³-hybridized carbons (Fsp3) is 0.409. The normalized spacial score (nSPS) is 16.2. The number of rotatable bonds is 8. The Labute approximate surface area is 178 Å². The Morgan fingerprint density at radius 1 is 1.20 bits per heavy atom. The average Bonchev–Trinajstić information content (AvgIpc) is 3.14. The van der Waals surface area contributed by atoms with Gasteiger partial charge < -0.3 is 19.9 Å². The lowest BCUT2D eigenvalue weighted by Crippen LogP contribution is -2.35. The molecule has 0 radical (unpaired) electrons. The number of fused-ring (bicyclic) bond motifs is 1. The molecule has 0 aliphatic carbocycles. The molecule has 1 aliphatic rings. The number of hydrogen-bond acceptors (Lipinski definition) is 7. The van der Waals surface area contributed by atoms with Crippen LogP contribution in [0, 0.1) is 0 Å². The minimum Gasteiger partial charge on any atom is -0.506 e. The van der Waals surface area contributed by atoms with E-state index in [1.54, 1.807) is 12.1 Å². The second-order valence-corrected chi connectivity index (χ2v) is 8.58. The van der Waals surface area contributed by atoms with Crippen LogP contribution in [0.3, 0.4) is 0 Å². The van der Waals surface area contributed by atoms with Crippen LogP contribution in [0.4, 0.5) is 0 Å². The first-order chi connectivity index (χ1) is 14.6. The molecule has 160 valence electrons. The van der Waals surface area contributed by atoms with Gasteiger partial charge in [-0.15, -0.1) is 0 Å². The highest BCUT2D eigenvalue weighted by atomic mass is 32.1. The van der Waals surface area contributed by atoms with Crippen LogP contribution in [0.1, 0.15) is 16.7 Å². The zero-order valence-corrected chi connectivity index (χ0v) is 17.6. The molecule has 1 atom stereocenters. The SMILES string of the molecule is O=c1[nH]c2c(O)ccc(CC(O)NCCc3cccc(CN4CCOCC4)c3)c2s1. The van der Waals surface area contributed by atoms with Crippen molar-refractivity contribution in [2.75, 3.05) is 32.8 Å². The maximum atomic E-state index is 11.6. The van der Waals surface area contributed by atoms with E-state index >= 15 is 0 Å². The molecule has 1 unspecified atom stereocenters. The van der Waals surface area contributed by atoms with E-state index in [9.17, 15) is 15.0 Å². The molecule has 4 N–H and O–H groups in total. The molecule has 0 saturated carbocycles. The predicted molar refractivity (Wildman–Crippen MR) is 118 cm³/mol. The monoisotopic (exact) mass is 429 g/mol. The number of aromatic nitrogens is 1. The first-order valence-electron chi connectivity index (χ1n) is 10.2. The quantitative estimate of drug-likeness (QED) is 0.408. The lowest BCUT2D eigenvalue weighted by molar-refractivity contribution is 0.0342. The predicted octanol–water partition coefficient (Wildman–Crippen LogP) is 1.82. The van der Waals surface area contributed by atoms with Crippen LogP contribution < -0.4 is 10.2 Å². The van der Waals surface area contributed by atoms with Gasteiger partial charge in [-0.05, 0) is 29.2 Å². The number of aromatic amines is 1. The first kappa shape index (κ1) is 21.0. The third-order valence-electron chi connectivity index (χ3n) is 5.35. The number of morpholine rings is 1.